The monoisotopic (exact) mass is 278 g/mol. The molecule has 0 bridgehead atoms. The smallest absolute Gasteiger partial charge is 0.257 e. The number of aryl methyl sites for hydroxylation is 1. The van der Waals surface area contributed by atoms with Crippen molar-refractivity contribution in [1.82, 2.24) is 20.5 Å². The molecule has 0 fully saturated rings. The van der Waals surface area contributed by atoms with Gasteiger partial charge in [0.25, 0.3) is 5.88 Å². The Kier molecular flexibility index (Phi) is 4.68. The fourth-order valence-corrected chi connectivity index (χ4v) is 1.71. The Morgan fingerprint density at radius 2 is 2.25 bits per heavy atom. The van der Waals surface area contributed by atoms with Crippen LogP contribution in [0.2, 0.25) is 0 Å². The Balaban J connectivity index is 2.06. The van der Waals surface area contributed by atoms with E-state index in [1.165, 1.54) is 6.20 Å². The van der Waals surface area contributed by atoms with Gasteiger partial charge in [-0.15, -0.1) is 5.10 Å². The first-order chi connectivity index (χ1) is 9.56. The number of halogens is 1. The van der Waals surface area contributed by atoms with Gasteiger partial charge in [-0.25, -0.2) is 9.37 Å². The number of aromatic nitrogens is 3. The van der Waals surface area contributed by atoms with Gasteiger partial charge in [-0.05, 0) is 25.5 Å². The zero-order valence-electron chi connectivity index (χ0n) is 11.9. The molecule has 6 heteroatoms. The first-order valence-electron chi connectivity index (χ1n) is 6.60. The van der Waals surface area contributed by atoms with Gasteiger partial charge >= 0.3 is 0 Å². The lowest BCUT2D eigenvalue weighted by molar-refractivity contribution is 0.403. The van der Waals surface area contributed by atoms with Crippen molar-refractivity contribution in [3.05, 3.63) is 35.4 Å². The summed E-state index contributed by atoms with van der Waals surface area (Å²) in [6, 6.07) is 3.33. The van der Waals surface area contributed by atoms with E-state index in [2.05, 4.69) is 34.3 Å². The fourth-order valence-electron chi connectivity index (χ4n) is 1.71. The van der Waals surface area contributed by atoms with E-state index in [4.69, 9.17) is 4.74 Å². The lowest BCUT2D eigenvalue weighted by atomic mass is 10.2. The maximum Gasteiger partial charge on any atom is 0.257 e. The molecule has 0 saturated carbocycles. The molecule has 0 saturated heterocycles. The molecule has 0 aliphatic rings. The van der Waals surface area contributed by atoms with E-state index in [9.17, 15) is 4.39 Å². The minimum absolute atomic E-state index is 0.0552. The molecular formula is C14H19FN4O. The lowest BCUT2D eigenvalue weighted by Gasteiger charge is -2.09. The summed E-state index contributed by atoms with van der Waals surface area (Å²) in [5.41, 5.74) is 1.37. The summed E-state index contributed by atoms with van der Waals surface area (Å²) in [6.45, 7) is 7.32. The highest BCUT2D eigenvalue weighted by molar-refractivity contribution is 5.27. The summed E-state index contributed by atoms with van der Waals surface area (Å²) >= 11 is 0. The lowest BCUT2D eigenvalue weighted by Crippen LogP contribution is -2.19. The molecule has 108 valence electrons. The first kappa shape index (κ1) is 14.5. The van der Waals surface area contributed by atoms with Gasteiger partial charge < -0.3 is 10.1 Å². The molecule has 0 radical (unpaired) electrons. The third-order valence-corrected chi connectivity index (χ3v) is 2.69. The van der Waals surface area contributed by atoms with E-state index in [-0.39, 0.29) is 5.88 Å². The van der Waals surface area contributed by atoms with E-state index in [1.807, 2.05) is 6.92 Å². The van der Waals surface area contributed by atoms with E-state index in [0.717, 1.165) is 12.2 Å². The minimum atomic E-state index is -0.454. The average Bonchev–Trinajstić information content (AvgIpc) is 2.79. The van der Waals surface area contributed by atoms with Crippen LogP contribution in [-0.4, -0.2) is 21.7 Å². The van der Waals surface area contributed by atoms with Crippen LogP contribution >= 0.6 is 0 Å². The van der Waals surface area contributed by atoms with Crippen molar-refractivity contribution in [2.45, 2.75) is 27.3 Å². The van der Waals surface area contributed by atoms with Gasteiger partial charge in [0, 0.05) is 30.1 Å². The molecule has 0 atom stereocenters. The molecule has 0 spiro atoms. The van der Waals surface area contributed by atoms with Crippen LogP contribution in [0.1, 0.15) is 25.1 Å². The van der Waals surface area contributed by atoms with Gasteiger partial charge in [0.05, 0.1) is 0 Å². The first-order valence-corrected chi connectivity index (χ1v) is 6.60. The predicted octanol–water partition coefficient (Wildman–Crippen LogP) is 2.79. The van der Waals surface area contributed by atoms with E-state index >= 15 is 0 Å². The van der Waals surface area contributed by atoms with Crippen LogP contribution in [0.4, 0.5) is 4.39 Å². The molecule has 2 aromatic heterocycles. The van der Waals surface area contributed by atoms with Gasteiger partial charge in [-0.1, -0.05) is 13.8 Å². The molecule has 5 nitrogen and oxygen atoms in total. The van der Waals surface area contributed by atoms with Gasteiger partial charge in [-0.2, -0.15) is 0 Å². The van der Waals surface area contributed by atoms with Crippen molar-refractivity contribution in [1.29, 1.82) is 0 Å². The van der Waals surface area contributed by atoms with Crippen LogP contribution < -0.4 is 10.1 Å². The second kappa shape index (κ2) is 6.47. The Morgan fingerprint density at radius 3 is 2.90 bits per heavy atom. The Labute approximate surface area is 117 Å². The standard InChI is InChI=1S/C14H19FN4O/c1-9(2)7-16-8-11-4-5-17-14(13(11)15)20-12-6-10(3)18-19-12/h4-6,9,16H,7-8H2,1-3H3,(H,18,19). The van der Waals surface area contributed by atoms with Crippen molar-refractivity contribution in [3.8, 4) is 11.8 Å². The highest BCUT2D eigenvalue weighted by Gasteiger charge is 2.12. The molecule has 2 aromatic rings. The fraction of sp³-hybridized carbons (Fsp3) is 0.429. The van der Waals surface area contributed by atoms with E-state index in [0.29, 0.717) is 23.9 Å². The van der Waals surface area contributed by atoms with Crippen LogP contribution in [0.5, 0.6) is 11.8 Å². The van der Waals surface area contributed by atoms with Crippen LogP contribution in [0, 0.1) is 18.7 Å². The number of ether oxygens (including phenoxy) is 1. The number of nitrogens with zero attached hydrogens (tertiary/aromatic N) is 2. The largest absolute Gasteiger partial charge is 0.416 e. The molecular weight excluding hydrogens is 259 g/mol. The third-order valence-electron chi connectivity index (χ3n) is 2.69. The molecule has 2 rings (SSSR count). The molecule has 2 heterocycles. The molecule has 0 unspecified atom stereocenters. The number of nitrogens with one attached hydrogen (secondary N) is 2. The van der Waals surface area contributed by atoms with Gasteiger partial charge in [0.2, 0.25) is 5.88 Å². The zero-order valence-corrected chi connectivity index (χ0v) is 11.9. The zero-order chi connectivity index (χ0) is 14.5. The van der Waals surface area contributed by atoms with Crippen molar-refractivity contribution >= 4 is 0 Å². The summed E-state index contributed by atoms with van der Waals surface area (Å²) in [7, 11) is 0. The molecule has 0 amide bonds. The Morgan fingerprint density at radius 1 is 1.45 bits per heavy atom. The van der Waals surface area contributed by atoms with Crippen LogP contribution in [0.25, 0.3) is 0 Å². The van der Waals surface area contributed by atoms with Crippen LogP contribution in [0.3, 0.4) is 0 Å². The van der Waals surface area contributed by atoms with Crippen molar-refractivity contribution in [2.75, 3.05) is 6.54 Å². The highest BCUT2D eigenvalue weighted by atomic mass is 19.1. The summed E-state index contributed by atoms with van der Waals surface area (Å²) in [4.78, 5) is 3.91. The number of aromatic amines is 1. The molecule has 2 N–H and O–H groups in total. The maximum absolute atomic E-state index is 14.2. The van der Waals surface area contributed by atoms with Gasteiger partial charge in [0.15, 0.2) is 5.82 Å². The summed E-state index contributed by atoms with van der Waals surface area (Å²) < 4.78 is 19.6. The topological polar surface area (TPSA) is 62.8 Å². The maximum atomic E-state index is 14.2. The van der Waals surface area contributed by atoms with Crippen molar-refractivity contribution in [3.63, 3.8) is 0 Å². The minimum Gasteiger partial charge on any atom is -0.416 e. The summed E-state index contributed by atoms with van der Waals surface area (Å²) in [6.07, 6.45) is 1.53. The third kappa shape index (κ3) is 3.77. The van der Waals surface area contributed by atoms with Crippen molar-refractivity contribution in [2.24, 2.45) is 5.92 Å². The molecule has 0 aliphatic carbocycles. The summed E-state index contributed by atoms with van der Waals surface area (Å²) in [5, 5.41) is 9.82. The van der Waals surface area contributed by atoms with Crippen LogP contribution in [0.15, 0.2) is 18.3 Å². The summed E-state index contributed by atoms with van der Waals surface area (Å²) in [5.74, 6) is 0.314. The average molecular weight is 278 g/mol. The van der Waals surface area contributed by atoms with E-state index < -0.39 is 5.82 Å². The molecule has 0 aromatic carbocycles. The highest BCUT2D eigenvalue weighted by Crippen LogP contribution is 2.22. The second-order valence-electron chi connectivity index (χ2n) is 5.11. The normalized spacial score (nSPS) is 11.1. The van der Waals surface area contributed by atoms with Crippen molar-refractivity contribution < 1.29 is 9.13 Å². The number of hydrogen-bond donors (Lipinski definition) is 2. The quantitative estimate of drug-likeness (QED) is 0.853. The van der Waals surface area contributed by atoms with Gasteiger partial charge in [0.1, 0.15) is 0 Å². The molecule has 20 heavy (non-hydrogen) atoms. The number of rotatable bonds is 6. The van der Waals surface area contributed by atoms with Gasteiger partial charge in [-0.3, -0.25) is 5.10 Å². The molecule has 0 aliphatic heterocycles. The predicted molar refractivity (Wildman–Crippen MR) is 74.1 cm³/mol. The van der Waals surface area contributed by atoms with E-state index in [1.54, 1.807) is 12.1 Å². The van der Waals surface area contributed by atoms with Crippen LogP contribution in [-0.2, 0) is 6.54 Å². The Bertz CT molecular complexity index is 568. The second-order valence-corrected chi connectivity index (χ2v) is 5.11. The Hall–Kier alpha value is -1.95. The number of hydrogen-bond acceptors (Lipinski definition) is 4. The SMILES string of the molecule is Cc1cc(Oc2nccc(CNCC(C)C)c2F)n[nH]1. The number of pyridine rings is 1. The number of H-pyrrole nitrogens is 1.